The SMILES string of the molecule is CCC(CSC)n1c(N)nc2cc(OC)c(OC)cc21. The minimum atomic E-state index is 0.327. The average Bonchev–Trinajstić information content (AvgIpc) is 2.78. The van der Waals surface area contributed by atoms with Crippen molar-refractivity contribution in [3.05, 3.63) is 12.1 Å². The molecule has 0 amide bonds. The summed E-state index contributed by atoms with van der Waals surface area (Å²) < 4.78 is 12.8. The molecule has 0 bridgehead atoms. The lowest BCUT2D eigenvalue weighted by atomic mass is 10.2. The number of fused-ring (bicyclic) bond motifs is 1. The number of hydrogen-bond acceptors (Lipinski definition) is 5. The summed E-state index contributed by atoms with van der Waals surface area (Å²) in [6, 6.07) is 4.14. The van der Waals surface area contributed by atoms with Gasteiger partial charge in [-0.15, -0.1) is 0 Å². The van der Waals surface area contributed by atoms with Crippen LogP contribution in [0.5, 0.6) is 11.5 Å². The summed E-state index contributed by atoms with van der Waals surface area (Å²) in [5, 5.41) is 0. The number of anilines is 1. The number of nitrogens with zero attached hydrogens (tertiary/aromatic N) is 2. The molecule has 110 valence electrons. The van der Waals surface area contributed by atoms with Gasteiger partial charge in [0.2, 0.25) is 5.95 Å². The number of thioether (sulfide) groups is 1. The van der Waals surface area contributed by atoms with E-state index >= 15 is 0 Å². The van der Waals surface area contributed by atoms with Crippen LogP contribution in [0.3, 0.4) is 0 Å². The first-order chi connectivity index (χ1) is 9.65. The van der Waals surface area contributed by atoms with E-state index in [2.05, 4.69) is 22.7 Å². The number of nitrogen functional groups attached to an aromatic ring is 1. The lowest BCUT2D eigenvalue weighted by Crippen LogP contribution is -2.13. The minimum Gasteiger partial charge on any atom is -0.493 e. The molecule has 1 aromatic carbocycles. The molecule has 0 aliphatic carbocycles. The minimum absolute atomic E-state index is 0.327. The Bertz CT molecular complexity index is 598. The van der Waals surface area contributed by atoms with Gasteiger partial charge in [0.05, 0.1) is 25.3 Å². The van der Waals surface area contributed by atoms with E-state index in [1.807, 2.05) is 23.9 Å². The number of imidazole rings is 1. The number of methoxy groups -OCH3 is 2. The second-order valence-corrected chi connectivity index (χ2v) is 5.46. The molecular weight excluding hydrogens is 274 g/mol. The van der Waals surface area contributed by atoms with Gasteiger partial charge in [-0.3, -0.25) is 0 Å². The average molecular weight is 295 g/mol. The summed E-state index contributed by atoms with van der Waals surface area (Å²) >= 11 is 1.81. The zero-order valence-corrected chi connectivity index (χ0v) is 13.2. The highest BCUT2D eigenvalue weighted by Gasteiger charge is 2.18. The molecule has 0 aliphatic heterocycles. The Kier molecular flexibility index (Phi) is 4.65. The Morgan fingerprint density at radius 1 is 1.30 bits per heavy atom. The van der Waals surface area contributed by atoms with Crippen molar-refractivity contribution < 1.29 is 9.47 Å². The van der Waals surface area contributed by atoms with Crippen molar-refractivity contribution in [2.75, 3.05) is 32.0 Å². The smallest absolute Gasteiger partial charge is 0.201 e. The molecule has 2 rings (SSSR count). The van der Waals surface area contributed by atoms with Crippen molar-refractivity contribution in [3.63, 3.8) is 0 Å². The summed E-state index contributed by atoms with van der Waals surface area (Å²) in [5.41, 5.74) is 7.92. The first kappa shape index (κ1) is 14.8. The third kappa shape index (κ3) is 2.52. The van der Waals surface area contributed by atoms with Crippen LogP contribution in [0, 0.1) is 0 Å². The van der Waals surface area contributed by atoms with Crippen LogP contribution in [0.2, 0.25) is 0 Å². The topological polar surface area (TPSA) is 62.3 Å². The largest absolute Gasteiger partial charge is 0.493 e. The third-order valence-electron chi connectivity index (χ3n) is 3.42. The molecule has 1 unspecified atom stereocenters. The van der Waals surface area contributed by atoms with Crippen LogP contribution in [0.25, 0.3) is 11.0 Å². The second-order valence-electron chi connectivity index (χ2n) is 4.55. The van der Waals surface area contributed by atoms with E-state index in [1.54, 1.807) is 14.2 Å². The summed E-state index contributed by atoms with van der Waals surface area (Å²) in [4.78, 5) is 4.44. The maximum atomic E-state index is 6.10. The van der Waals surface area contributed by atoms with E-state index in [9.17, 15) is 0 Å². The normalized spacial score (nSPS) is 12.6. The maximum absolute atomic E-state index is 6.10. The molecule has 20 heavy (non-hydrogen) atoms. The van der Waals surface area contributed by atoms with Crippen LogP contribution in [-0.4, -0.2) is 35.8 Å². The third-order valence-corrected chi connectivity index (χ3v) is 4.14. The molecule has 0 radical (unpaired) electrons. The van der Waals surface area contributed by atoms with Crippen molar-refractivity contribution in [3.8, 4) is 11.5 Å². The second kappa shape index (κ2) is 6.26. The number of aromatic nitrogens is 2. The Morgan fingerprint density at radius 2 is 1.95 bits per heavy atom. The molecule has 0 fully saturated rings. The fourth-order valence-corrected chi connectivity index (χ4v) is 3.16. The van der Waals surface area contributed by atoms with Gasteiger partial charge >= 0.3 is 0 Å². The number of ether oxygens (including phenoxy) is 2. The van der Waals surface area contributed by atoms with E-state index in [1.165, 1.54) is 0 Å². The monoisotopic (exact) mass is 295 g/mol. The molecule has 0 aliphatic rings. The van der Waals surface area contributed by atoms with Crippen LogP contribution < -0.4 is 15.2 Å². The van der Waals surface area contributed by atoms with Crippen molar-refractivity contribution in [1.82, 2.24) is 9.55 Å². The fraction of sp³-hybridized carbons (Fsp3) is 0.500. The Morgan fingerprint density at radius 3 is 2.50 bits per heavy atom. The molecule has 2 aromatic rings. The first-order valence-electron chi connectivity index (χ1n) is 6.54. The van der Waals surface area contributed by atoms with Gasteiger partial charge < -0.3 is 19.8 Å². The predicted octanol–water partition coefficient (Wildman–Crippen LogP) is 2.95. The van der Waals surface area contributed by atoms with E-state index in [0.717, 1.165) is 23.2 Å². The molecule has 0 saturated heterocycles. The standard InChI is InChI=1S/C14H21N3O2S/c1-5-9(8-20-4)17-11-7-13(19-3)12(18-2)6-10(11)16-14(17)15/h6-7,9H,5,8H2,1-4H3,(H2,15,16). The van der Waals surface area contributed by atoms with Gasteiger partial charge in [0.25, 0.3) is 0 Å². The molecular formula is C14H21N3O2S. The molecule has 1 aromatic heterocycles. The van der Waals surface area contributed by atoms with Gasteiger partial charge in [-0.1, -0.05) is 6.92 Å². The van der Waals surface area contributed by atoms with Gasteiger partial charge in [-0.05, 0) is 12.7 Å². The molecule has 5 nitrogen and oxygen atoms in total. The van der Waals surface area contributed by atoms with Crippen LogP contribution in [0.4, 0.5) is 5.95 Å². The number of benzene rings is 1. The van der Waals surface area contributed by atoms with Crippen molar-refractivity contribution in [2.45, 2.75) is 19.4 Å². The Hall–Kier alpha value is -1.56. The molecule has 0 saturated carbocycles. The quantitative estimate of drug-likeness (QED) is 0.887. The Balaban J connectivity index is 2.62. The Labute approximate surface area is 123 Å². The van der Waals surface area contributed by atoms with Crippen LogP contribution >= 0.6 is 11.8 Å². The number of hydrogen-bond donors (Lipinski definition) is 1. The van der Waals surface area contributed by atoms with E-state index in [0.29, 0.717) is 23.5 Å². The van der Waals surface area contributed by atoms with Crippen molar-refractivity contribution in [2.24, 2.45) is 0 Å². The summed E-state index contributed by atoms with van der Waals surface area (Å²) in [5.74, 6) is 2.90. The van der Waals surface area contributed by atoms with Crippen LogP contribution in [-0.2, 0) is 0 Å². The lowest BCUT2D eigenvalue weighted by Gasteiger charge is -2.18. The van der Waals surface area contributed by atoms with Gasteiger partial charge in [0.15, 0.2) is 11.5 Å². The molecule has 6 heteroatoms. The molecule has 1 atom stereocenters. The van der Waals surface area contributed by atoms with Gasteiger partial charge in [0, 0.05) is 23.9 Å². The highest BCUT2D eigenvalue weighted by Crippen LogP contribution is 2.35. The highest BCUT2D eigenvalue weighted by atomic mass is 32.2. The summed E-state index contributed by atoms with van der Waals surface area (Å²) in [7, 11) is 3.25. The lowest BCUT2D eigenvalue weighted by molar-refractivity contribution is 0.355. The van der Waals surface area contributed by atoms with Crippen molar-refractivity contribution >= 4 is 28.7 Å². The molecule has 2 N–H and O–H groups in total. The zero-order chi connectivity index (χ0) is 14.7. The zero-order valence-electron chi connectivity index (χ0n) is 12.3. The van der Waals surface area contributed by atoms with E-state index < -0.39 is 0 Å². The first-order valence-corrected chi connectivity index (χ1v) is 7.94. The van der Waals surface area contributed by atoms with Gasteiger partial charge in [-0.2, -0.15) is 11.8 Å². The van der Waals surface area contributed by atoms with Crippen LogP contribution in [0.15, 0.2) is 12.1 Å². The van der Waals surface area contributed by atoms with Gasteiger partial charge in [0.1, 0.15) is 0 Å². The maximum Gasteiger partial charge on any atom is 0.201 e. The van der Waals surface area contributed by atoms with E-state index in [-0.39, 0.29) is 0 Å². The molecule has 0 spiro atoms. The summed E-state index contributed by atoms with van der Waals surface area (Å²) in [6.07, 6.45) is 3.10. The summed E-state index contributed by atoms with van der Waals surface area (Å²) in [6.45, 7) is 2.16. The number of nitrogens with two attached hydrogens (primary N) is 1. The van der Waals surface area contributed by atoms with Crippen LogP contribution in [0.1, 0.15) is 19.4 Å². The van der Waals surface area contributed by atoms with Gasteiger partial charge in [-0.25, -0.2) is 4.98 Å². The van der Waals surface area contributed by atoms with E-state index in [4.69, 9.17) is 15.2 Å². The highest BCUT2D eigenvalue weighted by molar-refractivity contribution is 7.98. The van der Waals surface area contributed by atoms with Crippen molar-refractivity contribution in [1.29, 1.82) is 0 Å². The number of rotatable bonds is 6. The predicted molar refractivity (Wildman–Crippen MR) is 85.0 cm³/mol. The molecule has 1 heterocycles. The fourth-order valence-electron chi connectivity index (χ4n) is 2.39.